The first-order valence-electron chi connectivity index (χ1n) is 6.49. The van der Waals surface area contributed by atoms with Gasteiger partial charge >= 0.3 is 0 Å². The molecule has 1 amide bonds. The van der Waals surface area contributed by atoms with Crippen LogP contribution in [0.5, 0.6) is 11.5 Å². The van der Waals surface area contributed by atoms with E-state index in [1.807, 2.05) is 42.5 Å². The van der Waals surface area contributed by atoms with E-state index in [0.29, 0.717) is 17.2 Å². The third-order valence-corrected chi connectivity index (χ3v) is 3.25. The number of fused-ring (bicyclic) bond motifs is 1. The monoisotopic (exact) mass is 278 g/mol. The molecule has 0 aliphatic carbocycles. The minimum Gasteiger partial charge on any atom is -0.457 e. The molecule has 3 aromatic rings. The van der Waals surface area contributed by atoms with Crippen LogP contribution in [0.4, 0.5) is 5.69 Å². The molecule has 0 radical (unpaired) electrons. The van der Waals surface area contributed by atoms with Gasteiger partial charge in [-0.1, -0.05) is 30.3 Å². The van der Waals surface area contributed by atoms with E-state index in [4.69, 9.17) is 16.2 Å². The first-order valence-corrected chi connectivity index (χ1v) is 6.49. The lowest BCUT2D eigenvalue weighted by molar-refractivity contribution is 0.100. The Morgan fingerprint density at radius 1 is 0.857 bits per heavy atom. The molecule has 0 aliphatic rings. The van der Waals surface area contributed by atoms with Crippen molar-refractivity contribution in [1.82, 2.24) is 0 Å². The van der Waals surface area contributed by atoms with Gasteiger partial charge in [-0.25, -0.2) is 0 Å². The molecule has 0 aromatic heterocycles. The Kier molecular flexibility index (Phi) is 3.20. The Morgan fingerprint density at radius 3 is 2.29 bits per heavy atom. The van der Waals surface area contributed by atoms with Gasteiger partial charge in [-0.3, -0.25) is 4.79 Å². The van der Waals surface area contributed by atoms with E-state index in [0.717, 1.165) is 10.8 Å². The van der Waals surface area contributed by atoms with E-state index in [1.54, 1.807) is 18.2 Å². The fraction of sp³-hybridized carbons (Fsp3) is 0. The van der Waals surface area contributed by atoms with Crippen LogP contribution in [0, 0.1) is 0 Å². The summed E-state index contributed by atoms with van der Waals surface area (Å²) in [6.07, 6.45) is 0. The number of nitrogens with two attached hydrogens (primary N) is 2. The Bertz CT molecular complexity index is 828. The zero-order valence-electron chi connectivity index (χ0n) is 11.2. The fourth-order valence-electron chi connectivity index (χ4n) is 2.18. The molecule has 0 unspecified atom stereocenters. The van der Waals surface area contributed by atoms with Crippen LogP contribution in [0.1, 0.15) is 10.4 Å². The molecule has 4 N–H and O–H groups in total. The summed E-state index contributed by atoms with van der Waals surface area (Å²) in [6.45, 7) is 0. The molecule has 0 atom stereocenters. The van der Waals surface area contributed by atoms with Crippen molar-refractivity contribution < 1.29 is 9.53 Å². The number of carbonyl (C=O) groups is 1. The summed E-state index contributed by atoms with van der Waals surface area (Å²) < 4.78 is 5.77. The third kappa shape index (κ3) is 2.65. The molecular weight excluding hydrogens is 264 g/mol. The van der Waals surface area contributed by atoms with Gasteiger partial charge in [0.05, 0.1) is 5.56 Å². The highest BCUT2D eigenvalue weighted by molar-refractivity contribution is 5.98. The summed E-state index contributed by atoms with van der Waals surface area (Å²) in [7, 11) is 0. The lowest BCUT2D eigenvalue weighted by atomic mass is 10.1. The van der Waals surface area contributed by atoms with Gasteiger partial charge in [0.25, 0.3) is 5.91 Å². The second kappa shape index (κ2) is 5.17. The van der Waals surface area contributed by atoms with Crippen molar-refractivity contribution in [3.8, 4) is 11.5 Å². The van der Waals surface area contributed by atoms with Crippen LogP contribution in [-0.2, 0) is 0 Å². The van der Waals surface area contributed by atoms with Gasteiger partial charge in [0.2, 0.25) is 0 Å². The summed E-state index contributed by atoms with van der Waals surface area (Å²) in [5, 5.41) is 2.22. The maximum absolute atomic E-state index is 11.3. The van der Waals surface area contributed by atoms with E-state index in [1.165, 1.54) is 0 Å². The molecule has 0 saturated heterocycles. The average molecular weight is 278 g/mol. The molecule has 0 bridgehead atoms. The minimum atomic E-state index is -0.573. The van der Waals surface area contributed by atoms with Crippen LogP contribution in [0.3, 0.4) is 0 Å². The molecular formula is C17H14N2O2. The number of anilines is 1. The Balaban J connectivity index is 1.94. The third-order valence-electron chi connectivity index (χ3n) is 3.25. The van der Waals surface area contributed by atoms with Crippen LogP contribution in [0.25, 0.3) is 10.8 Å². The summed E-state index contributed by atoms with van der Waals surface area (Å²) in [5.74, 6) is 0.638. The lowest BCUT2D eigenvalue weighted by Crippen LogP contribution is -2.13. The normalized spacial score (nSPS) is 10.5. The SMILES string of the molecule is NC(=O)c1cc(Oc2ccc3ccccc3c2)ccc1N. The Morgan fingerprint density at radius 2 is 1.52 bits per heavy atom. The predicted molar refractivity (Wildman–Crippen MR) is 83.4 cm³/mol. The van der Waals surface area contributed by atoms with Gasteiger partial charge in [-0.15, -0.1) is 0 Å². The zero-order chi connectivity index (χ0) is 14.8. The highest BCUT2D eigenvalue weighted by Gasteiger charge is 2.08. The van der Waals surface area contributed by atoms with Gasteiger partial charge in [-0.05, 0) is 41.1 Å². The largest absolute Gasteiger partial charge is 0.457 e. The van der Waals surface area contributed by atoms with Gasteiger partial charge in [-0.2, -0.15) is 0 Å². The molecule has 4 nitrogen and oxygen atoms in total. The van der Waals surface area contributed by atoms with E-state index in [2.05, 4.69) is 0 Å². The number of benzene rings is 3. The van der Waals surface area contributed by atoms with Crippen molar-refractivity contribution in [2.24, 2.45) is 5.73 Å². The van der Waals surface area contributed by atoms with Gasteiger partial charge in [0.15, 0.2) is 0 Å². The van der Waals surface area contributed by atoms with Crippen LogP contribution in [0.15, 0.2) is 60.7 Å². The van der Waals surface area contributed by atoms with Crippen molar-refractivity contribution in [1.29, 1.82) is 0 Å². The van der Waals surface area contributed by atoms with E-state index in [9.17, 15) is 4.79 Å². The summed E-state index contributed by atoms with van der Waals surface area (Å²) >= 11 is 0. The number of carbonyl (C=O) groups excluding carboxylic acids is 1. The van der Waals surface area contributed by atoms with E-state index < -0.39 is 5.91 Å². The summed E-state index contributed by atoms with van der Waals surface area (Å²) in [5.41, 5.74) is 11.6. The molecule has 104 valence electrons. The number of nitrogen functional groups attached to an aromatic ring is 1. The van der Waals surface area contributed by atoms with Gasteiger partial charge < -0.3 is 16.2 Å². The molecule has 3 rings (SSSR count). The minimum absolute atomic E-state index is 0.258. The van der Waals surface area contributed by atoms with Crippen molar-refractivity contribution in [3.05, 3.63) is 66.2 Å². The van der Waals surface area contributed by atoms with Crippen LogP contribution >= 0.6 is 0 Å². The van der Waals surface area contributed by atoms with Crippen molar-refractivity contribution >= 4 is 22.4 Å². The van der Waals surface area contributed by atoms with Crippen molar-refractivity contribution in [2.45, 2.75) is 0 Å². The van der Waals surface area contributed by atoms with Crippen molar-refractivity contribution in [2.75, 3.05) is 5.73 Å². The first-order chi connectivity index (χ1) is 10.1. The molecule has 4 heteroatoms. The second-order valence-electron chi connectivity index (χ2n) is 4.72. The maximum Gasteiger partial charge on any atom is 0.250 e. The predicted octanol–water partition coefficient (Wildman–Crippen LogP) is 3.31. The Labute approximate surface area is 121 Å². The maximum atomic E-state index is 11.3. The number of ether oxygens (including phenoxy) is 1. The summed E-state index contributed by atoms with van der Waals surface area (Å²) in [6, 6.07) is 18.7. The zero-order valence-corrected chi connectivity index (χ0v) is 11.2. The molecule has 21 heavy (non-hydrogen) atoms. The lowest BCUT2D eigenvalue weighted by Gasteiger charge is -2.09. The topological polar surface area (TPSA) is 78.3 Å². The van der Waals surface area contributed by atoms with Crippen LogP contribution in [-0.4, -0.2) is 5.91 Å². The Hall–Kier alpha value is -3.01. The van der Waals surface area contributed by atoms with Gasteiger partial charge in [0, 0.05) is 5.69 Å². The molecule has 0 aliphatic heterocycles. The average Bonchev–Trinajstić information content (AvgIpc) is 2.49. The fourth-order valence-corrected chi connectivity index (χ4v) is 2.18. The highest BCUT2D eigenvalue weighted by Crippen LogP contribution is 2.27. The molecule has 0 saturated carbocycles. The van der Waals surface area contributed by atoms with Crippen LogP contribution < -0.4 is 16.2 Å². The first kappa shape index (κ1) is 13.0. The molecule has 0 spiro atoms. The number of rotatable bonds is 3. The van der Waals surface area contributed by atoms with Crippen LogP contribution in [0.2, 0.25) is 0 Å². The summed E-state index contributed by atoms with van der Waals surface area (Å²) in [4.78, 5) is 11.3. The second-order valence-corrected chi connectivity index (χ2v) is 4.72. The molecule has 0 fully saturated rings. The smallest absolute Gasteiger partial charge is 0.250 e. The molecule has 0 heterocycles. The van der Waals surface area contributed by atoms with E-state index in [-0.39, 0.29) is 5.56 Å². The number of amides is 1. The number of hydrogen-bond donors (Lipinski definition) is 2. The van der Waals surface area contributed by atoms with Crippen molar-refractivity contribution in [3.63, 3.8) is 0 Å². The standard InChI is InChI=1S/C17H14N2O2/c18-16-8-7-14(10-15(16)17(19)20)21-13-6-5-11-3-1-2-4-12(11)9-13/h1-10H,18H2,(H2,19,20). The quantitative estimate of drug-likeness (QED) is 0.721. The van der Waals surface area contributed by atoms with Gasteiger partial charge in [0.1, 0.15) is 11.5 Å². The molecule has 3 aromatic carbocycles. The number of hydrogen-bond acceptors (Lipinski definition) is 3. The highest BCUT2D eigenvalue weighted by atomic mass is 16.5. The number of primary amides is 1. The van der Waals surface area contributed by atoms with E-state index >= 15 is 0 Å².